The van der Waals surface area contributed by atoms with Crippen molar-refractivity contribution in [1.82, 2.24) is 9.88 Å². The maximum absolute atomic E-state index is 11.6. The van der Waals surface area contributed by atoms with Gasteiger partial charge < -0.3 is 9.32 Å². The number of pyridine rings is 1. The molecule has 0 amide bonds. The summed E-state index contributed by atoms with van der Waals surface area (Å²) in [4.78, 5) is 21.4. The average molecular weight is 397 g/mol. The van der Waals surface area contributed by atoms with Crippen LogP contribution in [0.15, 0.2) is 45.6 Å². The first-order valence-corrected chi connectivity index (χ1v) is 8.29. The van der Waals surface area contributed by atoms with Gasteiger partial charge in [0.1, 0.15) is 16.7 Å². The number of aliphatic imine (C=N–C) groups is 1. The second-order valence-electron chi connectivity index (χ2n) is 5.56. The summed E-state index contributed by atoms with van der Waals surface area (Å²) in [5.74, 6) is 1.59. The Morgan fingerprint density at radius 2 is 2.23 bits per heavy atom. The van der Waals surface area contributed by atoms with Crippen LogP contribution in [0, 0.1) is 10.1 Å². The van der Waals surface area contributed by atoms with E-state index in [2.05, 4.69) is 9.98 Å². The van der Waals surface area contributed by atoms with E-state index in [0.717, 1.165) is 17.7 Å². The Labute approximate surface area is 161 Å². The van der Waals surface area contributed by atoms with Crippen LogP contribution in [0.25, 0.3) is 6.08 Å². The van der Waals surface area contributed by atoms with E-state index < -0.39 is 4.92 Å². The molecule has 3 rings (SSSR count). The first-order chi connectivity index (χ1) is 12.1. The summed E-state index contributed by atoms with van der Waals surface area (Å²) < 4.78 is 5.56. The van der Waals surface area contributed by atoms with Crippen LogP contribution in [0.1, 0.15) is 24.0 Å². The summed E-state index contributed by atoms with van der Waals surface area (Å²) in [6.45, 7) is 3.57. The van der Waals surface area contributed by atoms with Gasteiger partial charge in [-0.25, -0.2) is 4.98 Å². The number of hydrogen-bond donors (Lipinski definition) is 0. The van der Waals surface area contributed by atoms with Crippen molar-refractivity contribution in [2.75, 3.05) is 13.1 Å². The molecule has 0 spiro atoms. The monoisotopic (exact) mass is 396 g/mol. The highest BCUT2D eigenvalue weighted by Crippen LogP contribution is 2.19. The van der Waals surface area contributed by atoms with E-state index in [9.17, 15) is 10.1 Å². The van der Waals surface area contributed by atoms with Gasteiger partial charge in [-0.1, -0.05) is 24.6 Å². The molecule has 138 valence electrons. The third-order valence-corrected chi connectivity index (χ3v) is 4.05. The Hall–Kier alpha value is -2.38. The fraction of sp³-hybridized carbons (Fsp3) is 0.294. The van der Waals surface area contributed by atoms with Crippen LogP contribution in [0.2, 0.25) is 5.15 Å². The molecule has 0 aromatic carbocycles. The lowest BCUT2D eigenvalue weighted by atomic mass is 10.2. The first kappa shape index (κ1) is 19.9. The van der Waals surface area contributed by atoms with Gasteiger partial charge in [0, 0.05) is 25.7 Å². The van der Waals surface area contributed by atoms with Crippen LogP contribution < -0.4 is 0 Å². The maximum Gasteiger partial charge on any atom is 0.314 e. The number of hydrogen-bond acceptors (Lipinski definition) is 6. The van der Waals surface area contributed by atoms with E-state index in [-0.39, 0.29) is 18.1 Å². The van der Waals surface area contributed by atoms with Crippen molar-refractivity contribution in [3.8, 4) is 0 Å². The molecule has 3 heterocycles. The standard InChI is InChI=1S/C17H17ClN4O3.ClH/c1-2-13-4-5-14(25-13)9-15(22(23)24)17-19-7-8-21(17)11-12-3-6-16(18)20-10-12;/h3-6,9-10H,2,7-8,11H2,1H3;1H/b15-9-;. The van der Waals surface area contributed by atoms with Gasteiger partial charge in [-0.2, -0.15) is 0 Å². The molecule has 1 aliphatic rings. The number of furan rings is 1. The Balaban J connectivity index is 0.00000243. The zero-order chi connectivity index (χ0) is 17.8. The fourth-order valence-electron chi connectivity index (χ4n) is 2.60. The summed E-state index contributed by atoms with van der Waals surface area (Å²) in [6.07, 6.45) is 3.82. The molecule has 0 saturated heterocycles. The lowest BCUT2D eigenvalue weighted by Gasteiger charge is -2.18. The zero-order valence-electron chi connectivity index (χ0n) is 14.1. The Morgan fingerprint density at radius 1 is 1.42 bits per heavy atom. The summed E-state index contributed by atoms with van der Waals surface area (Å²) >= 11 is 5.80. The van der Waals surface area contributed by atoms with Crippen molar-refractivity contribution in [3.63, 3.8) is 0 Å². The SMILES string of the molecule is CCc1ccc(/C=C(/C2=NCCN2Cc2ccc(Cl)nc2)[N+](=O)[O-])o1.Cl. The molecule has 0 aliphatic carbocycles. The van der Waals surface area contributed by atoms with Gasteiger partial charge in [-0.15, -0.1) is 12.4 Å². The van der Waals surface area contributed by atoms with Crippen LogP contribution in [-0.2, 0) is 13.0 Å². The Morgan fingerprint density at radius 3 is 2.85 bits per heavy atom. The summed E-state index contributed by atoms with van der Waals surface area (Å²) in [7, 11) is 0. The zero-order valence-corrected chi connectivity index (χ0v) is 15.7. The predicted molar refractivity (Wildman–Crippen MR) is 102 cm³/mol. The minimum atomic E-state index is -0.425. The van der Waals surface area contributed by atoms with Gasteiger partial charge in [-0.05, 0) is 23.8 Å². The van der Waals surface area contributed by atoms with Crippen LogP contribution >= 0.6 is 24.0 Å². The number of rotatable bonds is 6. The van der Waals surface area contributed by atoms with Crippen molar-refractivity contribution in [1.29, 1.82) is 0 Å². The average Bonchev–Trinajstić information content (AvgIpc) is 3.23. The van der Waals surface area contributed by atoms with E-state index in [0.29, 0.717) is 36.4 Å². The summed E-state index contributed by atoms with van der Waals surface area (Å²) in [5.41, 5.74) is 0.837. The van der Waals surface area contributed by atoms with Crippen LogP contribution in [-0.4, -0.2) is 33.7 Å². The maximum atomic E-state index is 11.6. The molecule has 9 heteroatoms. The van der Waals surface area contributed by atoms with E-state index in [1.807, 2.05) is 24.0 Å². The largest absolute Gasteiger partial charge is 0.461 e. The second-order valence-corrected chi connectivity index (χ2v) is 5.95. The van der Waals surface area contributed by atoms with Crippen molar-refractivity contribution in [2.45, 2.75) is 19.9 Å². The van der Waals surface area contributed by atoms with Gasteiger partial charge in [-0.3, -0.25) is 15.1 Å². The molecule has 0 bridgehead atoms. The molecule has 1 aliphatic heterocycles. The van der Waals surface area contributed by atoms with E-state index in [1.165, 1.54) is 6.08 Å². The van der Waals surface area contributed by atoms with E-state index >= 15 is 0 Å². The fourth-order valence-corrected chi connectivity index (χ4v) is 2.71. The molecule has 7 nitrogen and oxygen atoms in total. The summed E-state index contributed by atoms with van der Waals surface area (Å²) in [6, 6.07) is 7.09. The molecular weight excluding hydrogens is 379 g/mol. The topological polar surface area (TPSA) is 84.8 Å². The normalized spacial score (nSPS) is 14.2. The van der Waals surface area contributed by atoms with E-state index in [1.54, 1.807) is 18.3 Å². The smallest absolute Gasteiger partial charge is 0.314 e. The van der Waals surface area contributed by atoms with Gasteiger partial charge in [0.2, 0.25) is 5.84 Å². The van der Waals surface area contributed by atoms with E-state index in [4.69, 9.17) is 16.0 Å². The Kier molecular flexibility index (Phi) is 6.76. The van der Waals surface area contributed by atoms with Gasteiger partial charge in [0.15, 0.2) is 0 Å². The molecule has 0 fully saturated rings. The van der Waals surface area contributed by atoms with Crippen molar-refractivity contribution < 1.29 is 9.34 Å². The molecule has 0 radical (unpaired) electrons. The Bertz CT molecular complexity index is 831. The number of nitro groups is 1. The van der Waals surface area contributed by atoms with Gasteiger partial charge in [0.05, 0.1) is 17.5 Å². The predicted octanol–water partition coefficient (Wildman–Crippen LogP) is 3.84. The number of halogens is 2. The van der Waals surface area contributed by atoms with Crippen molar-refractivity contribution in [3.05, 3.63) is 68.5 Å². The molecule has 0 atom stereocenters. The number of aryl methyl sites for hydroxylation is 1. The molecule has 0 N–H and O–H groups in total. The van der Waals surface area contributed by atoms with Crippen molar-refractivity contribution in [2.24, 2.45) is 4.99 Å². The second kappa shape index (κ2) is 8.82. The van der Waals surface area contributed by atoms with Crippen LogP contribution in [0.4, 0.5) is 0 Å². The van der Waals surface area contributed by atoms with Gasteiger partial charge in [0.25, 0.3) is 0 Å². The minimum Gasteiger partial charge on any atom is -0.461 e. The molecule has 0 saturated carbocycles. The van der Waals surface area contributed by atoms with Crippen LogP contribution in [0.3, 0.4) is 0 Å². The molecular formula is C17H18Cl2N4O3. The third kappa shape index (κ3) is 4.62. The van der Waals surface area contributed by atoms with Crippen LogP contribution in [0.5, 0.6) is 0 Å². The molecule has 2 aromatic heterocycles. The molecule has 0 unspecified atom stereocenters. The molecule has 26 heavy (non-hydrogen) atoms. The highest BCUT2D eigenvalue weighted by Gasteiger charge is 2.29. The lowest BCUT2D eigenvalue weighted by molar-refractivity contribution is -0.414. The van der Waals surface area contributed by atoms with Crippen molar-refractivity contribution >= 4 is 35.9 Å². The number of nitrogens with zero attached hydrogens (tertiary/aromatic N) is 4. The first-order valence-electron chi connectivity index (χ1n) is 7.92. The summed E-state index contributed by atoms with van der Waals surface area (Å²) in [5, 5.41) is 12.0. The molecule has 2 aromatic rings. The number of amidine groups is 1. The van der Waals surface area contributed by atoms with Gasteiger partial charge >= 0.3 is 5.70 Å². The third-order valence-electron chi connectivity index (χ3n) is 3.83. The lowest BCUT2D eigenvalue weighted by Crippen LogP contribution is -2.30. The minimum absolute atomic E-state index is 0. The number of aromatic nitrogens is 1. The quantitative estimate of drug-likeness (QED) is 0.420. The highest BCUT2D eigenvalue weighted by molar-refractivity contribution is 6.29. The highest BCUT2D eigenvalue weighted by atomic mass is 35.5.